The van der Waals surface area contributed by atoms with Crippen LogP contribution in [0.4, 0.5) is 5.82 Å². The number of methoxy groups -OCH3 is 1. The van der Waals surface area contributed by atoms with Crippen molar-refractivity contribution < 1.29 is 9.53 Å². The fraction of sp³-hybridized carbons (Fsp3) is 0.455. The molecule has 0 aliphatic heterocycles. The fourth-order valence-electron chi connectivity index (χ4n) is 1.28. The van der Waals surface area contributed by atoms with E-state index >= 15 is 0 Å². The highest BCUT2D eigenvalue weighted by Gasteiger charge is 2.11. The number of carbonyl (C=O) groups is 1. The molecule has 0 saturated heterocycles. The van der Waals surface area contributed by atoms with E-state index in [0.29, 0.717) is 12.4 Å². The average molecular weight is 223 g/mol. The number of anilines is 1. The van der Waals surface area contributed by atoms with Crippen LogP contribution in [0.15, 0.2) is 18.2 Å². The number of rotatable bonds is 5. The molecule has 5 nitrogen and oxygen atoms in total. The number of nitrogens with zero attached hydrogens (tertiary/aromatic N) is 1. The molecule has 5 heteroatoms. The smallest absolute Gasteiger partial charge is 0.228 e. The molecule has 0 aromatic carbocycles. The Bertz CT molecular complexity index is 351. The Hall–Kier alpha value is -1.46. The van der Waals surface area contributed by atoms with Crippen molar-refractivity contribution in [1.29, 1.82) is 0 Å². The zero-order valence-electron chi connectivity index (χ0n) is 9.56. The topological polar surface area (TPSA) is 77.2 Å². The maximum atomic E-state index is 11.6. The molecular weight excluding hydrogens is 206 g/mol. The average Bonchev–Trinajstić information content (AvgIpc) is 2.26. The van der Waals surface area contributed by atoms with Crippen LogP contribution < -0.4 is 11.1 Å². The molecule has 1 atom stereocenters. The van der Waals surface area contributed by atoms with Crippen molar-refractivity contribution >= 4 is 11.7 Å². The summed E-state index contributed by atoms with van der Waals surface area (Å²) in [6.07, 6.45) is -0.00683. The van der Waals surface area contributed by atoms with E-state index in [0.717, 1.165) is 5.69 Å². The van der Waals surface area contributed by atoms with Gasteiger partial charge in [-0.3, -0.25) is 4.79 Å². The molecule has 0 radical (unpaired) electrons. The van der Waals surface area contributed by atoms with E-state index in [-0.39, 0.29) is 18.4 Å². The fourth-order valence-corrected chi connectivity index (χ4v) is 1.28. The minimum atomic E-state index is -0.246. The minimum absolute atomic E-state index is 0.143. The number of hydrogen-bond acceptors (Lipinski definition) is 4. The van der Waals surface area contributed by atoms with Crippen LogP contribution in [-0.4, -0.2) is 30.6 Å². The van der Waals surface area contributed by atoms with Gasteiger partial charge in [0.2, 0.25) is 5.91 Å². The molecule has 3 N–H and O–H groups in total. The third-order valence-electron chi connectivity index (χ3n) is 2.17. The van der Waals surface area contributed by atoms with Gasteiger partial charge in [-0.25, -0.2) is 4.98 Å². The summed E-state index contributed by atoms with van der Waals surface area (Å²) in [7, 11) is 1.54. The molecule has 1 rings (SSSR count). The first-order chi connectivity index (χ1) is 7.65. The van der Waals surface area contributed by atoms with Gasteiger partial charge in [0.05, 0.1) is 12.5 Å². The summed E-state index contributed by atoms with van der Waals surface area (Å²) in [5, 5.41) is 2.70. The van der Waals surface area contributed by atoms with Crippen LogP contribution in [0.25, 0.3) is 0 Å². The van der Waals surface area contributed by atoms with Crippen LogP contribution in [0, 0.1) is 6.92 Å². The summed E-state index contributed by atoms with van der Waals surface area (Å²) >= 11 is 0. The maximum Gasteiger partial charge on any atom is 0.228 e. The molecule has 1 aromatic rings. The quantitative estimate of drug-likeness (QED) is 0.770. The molecule has 1 aromatic heterocycles. The first-order valence-corrected chi connectivity index (χ1v) is 5.12. The number of nitrogens with two attached hydrogens (primary N) is 1. The Morgan fingerprint density at radius 1 is 1.62 bits per heavy atom. The highest BCUT2D eigenvalue weighted by atomic mass is 16.5. The predicted octanol–water partition coefficient (Wildman–Crippen LogP) is 0.692. The molecule has 1 heterocycles. The Kier molecular flexibility index (Phi) is 4.88. The lowest BCUT2D eigenvalue weighted by Gasteiger charge is -2.12. The van der Waals surface area contributed by atoms with E-state index in [9.17, 15) is 4.79 Å². The number of aryl methyl sites for hydroxylation is 1. The number of pyridine rings is 1. The van der Waals surface area contributed by atoms with Crippen LogP contribution >= 0.6 is 0 Å². The van der Waals surface area contributed by atoms with Crippen LogP contribution in [0.1, 0.15) is 12.1 Å². The highest BCUT2D eigenvalue weighted by Crippen LogP contribution is 2.05. The largest absolute Gasteiger partial charge is 0.380 e. The molecular formula is C11H17N3O2. The normalized spacial score (nSPS) is 12.2. The van der Waals surface area contributed by atoms with Gasteiger partial charge in [-0.05, 0) is 19.1 Å². The van der Waals surface area contributed by atoms with E-state index in [1.807, 2.05) is 19.1 Å². The molecule has 0 fully saturated rings. The van der Waals surface area contributed by atoms with Gasteiger partial charge in [-0.15, -0.1) is 0 Å². The number of ether oxygens (including phenoxy) is 1. The molecule has 1 amide bonds. The lowest BCUT2D eigenvalue weighted by atomic mass is 10.2. The lowest BCUT2D eigenvalue weighted by Crippen LogP contribution is -2.28. The minimum Gasteiger partial charge on any atom is -0.380 e. The van der Waals surface area contributed by atoms with Gasteiger partial charge in [0.1, 0.15) is 5.82 Å². The monoisotopic (exact) mass is 223 g/mol. The number of carbonyl (C=O) groups excluding carboxylic acids is 1. The molecule has 0 saturated carbocycles. The molecule has 16 heavy (non-hydrogen) atoms. The third kappa shape index (κ3) is 3.96. The standard InChI is InChI=1S/C11H17N3O2/c1-8-4-3-5-10(13-8)14-11(15)6-9(7-12)16-2/h3-5,9H,6-7,12H2,1-2H3,(H,13,14,15). The first kappa shape index (κ1) is 12.6. The van der Waals surface area contributed by atoms with E-state index in [1.54, 1.807) is 6.07 Å². The second-order valence-electron chi connectivity index (χ2n) is 3.51. The van der Waals surface area contributed by atoms with Crippen molar-refractivity contribution in [2.75, 3.05) is 19.0 Å². The van der Waals surface area contributed by atoms with Crippen molar-refractivity contribution in [2.45, 2.75) is 19.4 Å². The van der Waals surface area contributed by atoms with Gasteiger partial charge in [0.25, 0.3) is 0 Å². The molecule has 0 aliphatic rings. The lowest BCUT2D eigenvalue weighted by molar-refractivity contribution is -0.118. The maximum absolute atomic E-state index is 11.6. The van der Waals surface area contributed by atoms with Gasteiger partial charge in [0, 0.05) is 19.3 Å². The SMILES string of the molecule is COC(CN)CC(=O)Nc1cccc(C)n1. The number of nitrogens with one attached hydrogen (secondary N) is 1. The van der Waals surface area contributed by atoms with Crippen LogP contribution in [0.2, 0.25) is 0 Å². The summed E-state index contributed by atoms with van der Waals surface area (Å²) < 4.78 is 5.03. The summed E-state index contributed by atoms with van der Waals surface area (Å²) in [5.41, 5.74) is 6.29. The summed E-state index contributed by atoms with van der Waals surface area (Å²) in [6, 6.07) is 5.46. The predicted molar refractivity (Wildman–Crippen MR) is 62.1 cm³/mol. The Morgan fingerprint density at radius 2 is 2.38 bits per heavy atom. The van der Waals surface area contributed by atoms with E-state index in [1.165, 1.54) is 7.11 Å². The Labute approximate surface area is 95.0 Å². The van der Waals surface area contributed by atoms with E-state index in [4.69, 9.17) is 10.5 Å². The highest BCUT2D eigenvalue weighted by molar-refractivity contribution is 5.90. The van der Waals surface area contributed by atoms with E-state index in [2.05, 4.69) is 10.3 Å². The Balaban J connectivity index is 2.51. The van der Waals surface area contributed by atoms with Gasteiger partial charge < -0.3 is 15.8 Å². The van der Waals surface area contributed by atoms with Crippen molar-refractivity contribution in [3.8, 4) is 0 Å². The Morgan fingerprint density at radius 3 is 2.94 bits per heavy atom. The van der Waals surface area contributed by atoms with Gasteiger partial charge in [-0.1, -0.05) is 6.07 Å². The molecule has 0 aliphatic carbocycles. The summed E-state index contributed by atoms with van der Waals surface area (Å²) in [6.45, 7) is 2.19. The molecule has 88 valence electrons. The summed E-state index contributed by atoms with van der Waals surface area (Å²) in [5.74, 6) is 0.410. The molecule has 0 spiro atoms. The number of aromatic nitrogens is 1. The summed E-state index contributed by atoms with van der Waals surface area (Å²) in [4.78, 5) is 15.7. The first-order valence-electron chi connectivity index (χ1n) is 5.12. The second-order valence-corrected chi connectivity index (χ2v) is 3.51. The van der Waals surface area contributed by atoms with Gasteiger partial charge in [0.15, 0.2) is 0 Å². The zero-order valence-corrected chi connectivity index (χ0v) is 9.56. The van der Waals surface area contributed by atoms with Crippen molar-refractivity contribution in [2.24, 2.45) is 5.73 Å². The van der Waals surface area contributed by atoms with Crippen molar-refractivity contribution in [3.05, 3.63) is 23.9 Å². The number of amides is 1. The zero-order chi connectivity index (χ0) is 12.0. The van der Waals surface area contributed by atoms with Gasteiger partial charge >= 0.3 is 0 Å². The molecule has 1 unspecified atom stereocenters. The third-order valence-corrected chi connectivity index (χ3v) is 2.17. The second kappa shape index (κ2) is 6.19. The van der Waals surface area contributed by atoms with Crippen LogP contribution in [0.3, 0.4) is 0 Å². The van der Waals surface area contributed by atoms with Crippen LogP contribution in [0.5, 0.6) is 0 Å². The van der Waals surface area contributed by atoms with Crippen molar-refractivity contribution in [3.63, 3.8) is 0 Å². The number of hydrogen-bond donors (Lipinski definition) is 2. The van der Waals surface area contributed by atoms with E-state index < -0.39 is 0 Å². The molecule has 0 bridgehead atoms. The van der Waals surface area contributed by atoms with Gasteiger partial charge in [-0.2, -0.15) is 0 Å². The van der Waals surface area contributed by atoms with Crippen LogP contribution in [-0.2, 0) is 9.53 Å². The van der Waals surface area contributed by atoms with Crippen molar-refractivity contribution in [1.82, 2.24) is 4.98 Å².